The van der Waals surface area contributed by atoms with Crippen LogP contribution in [0.25, 0.3) is 33.5 Å². The summed E-state index contributed by atoms with van der Waals surface area (Å²) in [6.07, 6.45) is 1.45. The molecule has 0 saturated carbocycles. The Bertz CT molecular complexity index is 1960. The Hall–Kier alpha value is -4.17. The highest BCUT2D eigenvalue weighted by Gasteiger charge is 2.17. The zero-order valence-electron chi connectivity index (χ0n) is 20.4. The van der Waals surface area contributed by atoms with Crippen LogP contribution in [0, 0.1) is 5.82 Å². The van der Waals surface area contributed by atoms with Crippen LogP contribution in [-0.2, 0) is 6.61 Å². The van der Waals surface area contributed by atoms with E-state index in [4.69, 9.17) is 44.0 Å². The highest BCUT2D eigenvalue weighted by molar-refractivity contribution is 6.37. The smallest absolute Gasteiger partial charge is 0.282 e. The van der Waals surface area contributed by atoms with E-state index in [1.54, 1.807) is 72.8 Å². The third-order valence-electron chi connectivity index (χ3n) is 6.09. The molecular weight excluding hydrogens is 576 g/mol. The fraction of sp³-hybridized carbons (Fsp3) is 0.0333. The van der Waals surface area contributed by atoms with Gasteiger partial charge in [-0.05, 0) is 71.8 Å². The Morgan fingerprint density at radius 3 is 2.48 bits per heavy atom. The van der Waals surface area contributed by atoms with Gasteiger partial charge in [0, 0.05) is 10.4 Å². The standard InChI is InChI=1S/C30H17Cl3FN3O3/c31-20-7-10-26-19(13-20)14-27(40-26)29-36-25-4-2-1-3-22(25)30(38)37(29)35-15-18-11-23(32)28(24(33)12-18)39-16-17-5-8-21(34)9-6-17/h1-15H,16H2. The number of aromatic nitrogens is 2. The molecule has 0 amide bonds. The molecule has 6 rings (SSSR count). The summed E-state index contributed by atoms with van der Waals surface area (Å²) in [5, 5.41) is 6.64. The van der Waals surface area contributed by atoms with E-state index in [1.807, 2.05) is 0 Å². The maximum absolute atomic E-state index is 13.5. The molecule has 0 unspecified atom stereocenters. The van der Waals surface area contributed by atoms with E-state index in [-0.39, 0.29) is 39.6 Å². The van der Waals surface area contributed by atoms with Crippen LogP contribution in [0.4, 0.5) is 4.39 Å². The number of nitrogens with zero attached hydrogens (tertiary/aromatic N) is 3. The van der Waals surface area contributed by atoms with Gasteiger partial charge in [-0.1, -0.05) is 59.1 Å². The zero-order chi connectivity index (χ0) is 27.8. The quantitative estimate of drug-likeness (QED) is 0.182. The summed E-state index contributed by atoms with van der Waals surface area (Å²) >= 11 is 19.1. The molecule has 0 saturated heterocycles. The van der Waals surface area contributed by atoms with E-state index < -0.39 is 0 Å². The predicted octanol–water partition coefficient (Wildman–Crippen LogP) is 8.37. The number of fused-ring (bicyclic) bond motifs is 2. The summed E-state index contributed by atoms with van der Waals surface area (Å²) in [4.78, 5) is 18.2. The molecule has 2 aromatic heterocycles. The van der Waals surface area contributed by atoms with Gasteiger partial charge < -0.3 is 9.15 Å². The van der Waals surface area contributed by atoms with Gasteiger partial charge in [-0.15, -0.1) is 0 Å². The Labute approximate surface area is 241 Å². The molecule has 4 aromatic carbocycles. The van der Waals surface area contributed by atoms with Crippen LogP contribution in [-0.4, -0.2) is 15.9 Å². The molecule has 0 spiro atoms. The van der Waals surface area contributed by atoms with Gasteiger partial charge >= 0.3 is 0 Å². The summed E-state index contributed by atoms with van der Waals surface area (Å²) in [5.41, 5.74) is 1.98. The van der Waals surface area contributed by atoms with Crippen LogP contribution in [0.2, 0.25) is 15.1 Å². The van der Waals surface area contributed by atoms with Gasteiger partial charge in [0.25, 0.3) is 5.56 Å². The van der Waals surface area contributed by atoms with Crippen LogP contribution < -0.4 is 10.3 Å². The molecule has 10 heteroatoms. The first-order valence-electron chi connectivity index (χ1n) is 12.0. The predicted molar refractivity (Wildman–Crippen MR) is 156 cm³/mol. The average molecular weight is 593 g/mol. The summed E-state index contributed by atoms with van der Waals surface area (Å²) in [6.45, 7) is 0.150. The normalized spacial score (nSPS) is 11.6. The first-order valence-corrected chi connectivity index (χ1v) is 13.1. The Morgan fingerprint density at radius 2 is 1.70 bits per heavy atom. The van der Waals surface area contributed by atoms with Crippen molar-refractivity contribution in [1.82, 2.24) is 9.66 Å². The van der Waals surface area contributed by atoms with Crippen molar-refractivity contribution >= 4 is 62.9 Å². The Morgan fingerprint density at radius 1 is 0.950 bits per heavy atom. The zero-order valence-corrected chi connectivity index (χ0v) is 22.7. The van der Waals surface area contributed by atoms with E-state index in [0.29, 0.717) is 32.8 Å². The van der Waals surface area contributed by atoms with E-state index in [0.717, 1.165) is 10.9 Å². The minimum absolute atomic E-state index is 0.150. The molecule has 0 aliphatic heterocycles. The lowest BCUT2D eigenvalue weighted by Gasteiger charge is -2.11. The van der Waals surface area contributed by atoms with E-state index in [9.17, 15) is 9.18 Å². The summed E-state index contributed by atoms with van der Waals surface area (Å²) < 4.78 is 26.1. The Kier molecular flexibility index (Phi) is 7.02. The van der Waals surface area contributed by atoms with Crippen molar-refractivity contribution in [1.29, 1.82) is 0 Å². The van der Waals surface area contributed by atoms with Crippen LogP contribution in [0.15, 0.2) is 99.2 Å². The van der Waals surface area contributed by atoms with Crippen LogP contribution in [0.1, 0.15) is 11.1 Å². The largest absolute Gasteiger partial charge is 0.486 e. The third-order valence-corrected chi connectivity index (χ3v) is 6.89. The lowest BCUT2D eigenvalue weighted by atomic mass is 10.2. The third kappa shape index (κ3) is 5.19. The Balaban J connectivity index is 1.37. The van der Waals surface area contributed by atoms with Crippen LogP contribution in [0.5, 0.6) is 5.75 Å². The van der Waals surface area contributed by atoms with Crippen LogP contribution >= 0.6 is 34.8 Å². The number of hydrogen-bond acceptors (Lipinski definition) is 5. The fourth-order valence-electron chi connectivity index (χ4n) is 4.17. The highest BCUT2D eigenvalue weighted by Crippen LogP contribution is 2.35. The SMILES string of the molecule is O=c1c2ccccc2nc(-c2cc3cc(Cl)ccc3o2)n1N=Cc1cc(Cl)c(OCc2ccc(F)cc2)c(Cl)c1. The van der Waals surface area contributed by atoms with Crippen molar-refractivity contribution in [2.45, 2.75) is 6.61 Å². The topological polar surface area (TPSA) is 69.6 Å². The maximum atomic E-state index is 13.5. The van der Waals surface area contributed by atoms with Crippen molar-refractivity contribution in [2.75, 3.05) is 0 Å². The molecule has 0 aliphatic carbocycles. The number of benzene rings is 4. The maximum Gasteiger partial charge on any atom is 0.282 e. The fourth-order valence-corrected chi connectivity index (χ4v) is 4.96. The number of para-hydroxylation sites is 1. The highest BCUT2D eigenvalue weighted by atomic mass is 35.5. The second-order valence-corrected chi connectivity index (χ2v) is 10.1. The lowest BCUT2D eigenvalue weighted by molar-refractivity contribution is 0.306. The van der Waals surface area contributed by atoms with Crippen molar-refractivity contribution in [3.05, 3.63) is 127 Å². The van der Waals surface area contributed by atoms with Crippen LogP contribution in [0.3, 0.4) is 0 Å². The first kappa shape index (κ1) is 26.1. The molecular formula is C30H17Cl3FN3O3. The van der Waals surface area contributed by atoms with Gasteiger partial charge in [0.1, 0.15) is 18.0 Å². The summed E-state index contributed by atoms with van der Waals surface area (Å²) in [6, 6.07) is 23.1. The number of ether oxygens (including phenoxy) is 1. The molecule has 2 heterocycles. The molecule has 0 fully saturated rings. The van der Waals surface area contributed by atoms with Gasteiger partial charge in [0.15, 0.2) is 11.5 Å². The molecule has 6 nitrogen and oxygen atoms in total. The van der Waals surface area contributed by atoms with Gasteiger partial charge in [-0.3, -0.25) is 4.79 Å². The molecule has 0 radical (unpaired) electrons. The average Bonchev–Trinajstić information content (AvgIpc) is 3.36. The van der Waals surface area contributed by atoms with Crippen molar-refractivity contribution in [2.24, 2.45) is 5.10 Å². The van der Waals surface area contributed by atoms with E-state index >= 15 is 0 Å². The number of rotatable bonds is 6. The number of hydrogen-bond donors (Lipinski definition) is 0. The summed E-state index contributed by atoms with van der Waals surface area (Å²) in [5.74, 6) is 0.495. The molecule has 0 atom stereocenters. The molecule has 40 heavy (non-hydrogen) atoms. The van der Waals surface area contributed by atoms with Gasteiger partial charge in [0.05, 0.1) is 27.2 Å². The number of furan rings is 1. The molecule has 0 aliphatic rings. The van der Waals surface area contributed by atoms with Crippen molar-refractivity contribution in [3.63, 3.8) is 0 Å². The minimum atomic E-state index is -0.383. The summed E-state index contributed by atoms with van der Waals surface area (Å²) in [7, 11) is 0. The second-order valence-electron chi connectivity index (χ2n) is 8.84. The van der Waals surface area contributed by atoms with E-state index in [1.165, 1.54) is 23.0 Å². The molecule has 0 bridgehead atoms. The monoisotopic (exact) mass is 591 g/mol. The van der Waals surface area contributed by atoms with Crippen molar-refractivity contribution in [3.8, 4) is 17.3 Å². The van der Waals surface area contributed by atoms with Gasteiger partial charge in [0.2, 0.25) is 5.82 Å². The minimum Gasteiger partial charge on any atom is -0.486 e. The van der Waals surface area contributed by atoms with E-state index in [2.05, 4.69) is 10.1 Å². The van der Waals surface area contributed by atoms with Gasteiger partial charge in [-0.25, -0.2) is 9.37 Å². The molecule has 0 N–H and O–H groups in total. The lowest BCUT2D eigenvalue weighted by Crippen LogP contribution is -2.20. The van der Waals surface area contributed by atoms with Gasteiger partial charge in [-0.2, -0.15) is 9.78 Å². The second kappa shape index (κ2) is 10.8. The van der Waals surface area contributed by atoms with Crippen molar-refractivity contribution < 1.29 is 13.5 Å². The molecule has 198 valence electrons. The first-order chi connectivity index (χ1) is 19.4. The molecule has 6 aromatic rings. The number of halogens is 4.